The lowest BCUT2D eigenvalue weighted by molar-refractivity contribution is 0.421. The average Bonchev–Trinajstić information content (AvgIpc) is 3.67. The zero-order chi connectivity index (χ0) is 37.9. The number of furan rings is 1. The van der Waals surface area contributed by atoms with Crippen molar-refractivity contribution in [1.29, 1.82) is 0 Å². The van der Waals surface area contributed by atoms with Crippen LogP contribution in [0.25, 0.3) is 111 Å². The van der Waals surface area contributed by atoms with Crippen molar-refractivity contribution < 1.29 is 9.15 Å². The molecule has 0 radical (unpaired) electrons. The number of nitrogens with zero attached hydrogens (tertiary/aromatic N) is 3. The van der Waals surface area contributed by atoms with Crippen molar-refractivity contribution in [3.05, 3.63) is 182 Å². The number of hydrogen-bond acceptors (Lipinski definition) is 5. The molecular formula is C52H33N3O2. The molecule has 11 aromatic rings. The van der Waals surface area contributed by atoms with Gasteiger partial charge in [0, 0.05) is 38.4 Å². The first-order valence-electron chi connectivity index (χ1n) is 19.1. The number of fused-ring (bicyclic) bond motifs is 7. The molecule has 0 N–H and O–H groups in total. The van der Waals surface area contributed by atoms with Crippen LogP contribution in [0.1, 0.15) is 0 Å². The topological polar surface area (TPSA) is 61.0 Å². The Labute approximate surface area is 328 Å². The molecule has 0 spiro atoms. The second-order valence-corrected chi connectivity index (χ2v) is 14.3. The van der Waals surface area contributed by atoms with Gasteiger partial charge in [-0.3, -0.25) is 0 Å². The lowest BCUT2D eigenvalue weighted by atomic mass is 9.92. The van der Waals surface area contributed by atoms with Gasteiger partial charge in [0.2, 0.25) is 0 Å². The Balaban J connectivity index is 1.17. The van der Waals surface area contributed by atoms with E-state index in [1.807, 2.05) is 36.4 Å². The molecule has 5 heteroatoms. The van der Waals surface area contributed by atoms with Gasteiger partial charge in [-0.1, -0.05) is 158 Å². The highest BCUT2D eigenvalue weighted by Crippen LogP contribution is 2.44. The van der Waals surface area contributed by atoms with Gasteiger partial charge in [-0.2, -0.15) is 0 Å². The van der Waals surface area contributed by atoms with E-state index in [1.165, 1.54) is 5.39 Å². The molecule has 9 aromatic carbocycles. The summed E-state index contributed by atoms with van der Waals surface area (Å²) in [5.74, 6) is 2.64. The van der Waals surface area contributed by atoms with Gasteiger partial charge in [0.05, 0.1) is 7.11 Å². The Morgan fingerprint density at radius 3 is 1.77 bits per heavy atom. The smallest absolute Gasteiger partial charge is 0.165 e. The summed E-state index contributed by atoms with van der Waals surface area (Å²) >= 11 is 0. The zero-order valence-corrected chi connectivity index (χ0v) is 31.0. The first kappa shape index (κ1) is 32.8. The van der Waals surface area contributed by atoms with E-state index in [0.29, 0.717) is 17.5 Å². The molecule has 0 bridgehead atoms. The second kappa shape index (κ2) is 13.3. The molecule has 0 amide bonds. The van der Waals surface area contributed by atoms with Crippen molar-refractivity contribution >= 4 is 54.3 Å². The van der Waals surface area contributed by atoms with Crippen LogP contribution >= 0.6 is 0 Å². The standard InChI is InChI=1S/C52H33N3O2/c1-56-49-39-18-8-5-13-32(39)27-28-40(49)34-25-23-33(24-26-34)38-29-30-46-47(43-21-11-12-22-45(43)57-46)48(38)52-54-50(35-14-3-2-4-15-35)53-51(55-52)44-31-36-16-6-7-17-37(36)41-19-9-10-20-42(41)44/h2-31H,1H3. The van der Waals surface area contributed by atoms with Crippen molar-refractivity contribution in [2.24, 2.45) is 0 Å². The summed E-state index contributed by atoms with van der Waals surface area (Å²) in [6.45, 7) is 0. The van der Waals surface area contributed by atoms with E-state index in [9.17, 15) is 0 Å². The quantitative estimate of drug-likeness (QED) is 0.159. The van der Waals surface area contributed by atoms with Gasteiger partial charge in [-0.25, -0.2) is 15.0 Å². The Hall–Kier alpha value is -7.63. The summed E-state index contributed by atoms with van der Waals surface area (Å²) in [6.07, 6.45) is 0. The molecule has 268 valence electrons. The van der Waals surface area contributed by atoms with Crippen LogP contribution in [-0.4, -0.2) is 22.1 Å². The first-order chi connectivity index (χ1) is 28.2. The highest BCUT2D eigenvalue weighted by Gasteiger charge is 2.23. The Kier molecular flexibility index (Phi) is 7.64. The van der Waals surface area contributed by atoms with Crippen molar-refractivity contribution in [3.63, 3.8) is 0 Å². The number of para-hydroxylation sites is 1. The van der Waals surface area contributed by atoms with E-state index >= 15 is 0 Å². The SMILES string of the molecule is COc1c(-c2ccc(-c3ccc4oc5ccccc5c4c3-c3nc(-c4ccccc4)nc(-c4cc5ccccc5c5ccccc45)n3)cc2)ccc2ccccc12. The molecule has 5 nitrogen and oxygen atoms in total. The number of aromatic nitrogens is 3. The molecule has 0 aliphatic heterocycles. The highest BCUT2D eigenvalue weighted by atomic mass is 16.5. The third-order valence-corrected chi connectivity index (χ3v) is 11.0. The third kappa shape index (κ3) is 5.43. The summed E-state index contributed by atoms with van der Waals surface area (Å²) in [7, 11) is 1.74. The Morgan fingerprint density at radius 1 is 0.386 bits per heavy atom. The van der Waals surface area contributed by atoms with Crippen LogP contribution in [0.4, 0.5) is 0 Å². The fourth-order valence-electron chi connectivity index (χ4n) is 8.37. The summed E-state index contributed by atoms with van der Waals surface area (Å²) in [5.41, 5.74) is 8.45. The number of methoxy groups -OCH3 is 1. The van der Waals surface area contributed by atoms with E-state index in [4.69, 9.17) is 24.1 Å². The Bertz CT molecular complexity index is 3330. The van der Waals surface area contributed by atoms with Gasteiger partial charge < -0.3 is 9.15 Å². The van der Waals surface area contributed by atoms with Gasteiger partial charge in [0.1, 0.15) is 16.9 Å². The highest BCUT2D eigenvalue weighted by molar-refractivity contribution is 6.16. The number of hydrogen-bond donors (Lipinski definition) is 0. The van der Waals surface area contributed by atoms with Crippen molar-refractivity contribution in [1.82, 2.24) is 15.0 Å². The van der Waals surface area contributed by atoms with E-state index in [2.05, 4.69) is 146 Å². The van der Waals surface area contributed by atoms with E-state index in [1.54, 1.807) is 7.11 Å². The van der Waals surface area contributed by atoms with Crippen molar-refractivity contribution in [3.8, 4) is 62.2 Å². The summed E-state index contributed by atoms with van der Waals surface area (Å²) in [4.78, 5) is 15.9. The minimum Gasteiger partial charge on any atom is -0.495 e. The molecule has 0 atom stereocenters. The normalized spacial score (nSPS) is 11.6. The van der Waals surface area contributed by atoms with Gasteiger partial charge >= 0.3 is 0 Å². The van der Waals surface area contributed by atoms with Crippen LogP contribution in [0.5, 0.6) is 5.75 Å². The number of ether oxygens (including phenoxy) is 1. The second-order valence-electron chi connectivity index (χ2n) is 14.3. The maximum Gasteiger partial charge on any atom is 0.165 e. The first-order valence-corrected chi connectivity index (χ1v) is 19.1. The predicted octanol–water partition coefficient (Wildman–Crippen LogP) is 13.6. The molecule has 0 fully saturated rings. The minimum atomic E-state index is 0.573. The predicted molar refractivity (Wildman–Crippen MR) is 233 cm³/mol. The minimum absolute atomic E-state index is 0.573. The van der Waals surface area contributed by atoms with Crippen LogP contribution in [0.15, 0.2) is 186 Å². The lowest BCUT2D eigenvalue weighted by Crippen LogP contribution is -2.02. The van der Waals surface area contributed by atoms with Gasteiger partial charge in [-0.15, -0.1) is 0 Å². The van der Waals surface area contributed by atoms with E-state index < -0.39 is 0 Å². The molecule has 2 heterocycles. The molecule has 57 heavy (non-hydrogen) atoms. The lowest BCUT2D eigenvalue weighted by Gasteiger charge is -2.16. The molecule has 0 aliphatic rings. The largest absolute Gasteiger partial charge is 0.495 e. The molecule has 0 saturated heterocycles. The van der Waals surface area contributed by atoms with Gasteiger partial charge in [0.25, 0.3) is 0 Å². The molecular weight excluding hydrogens is 699 g/mol. The zero-order valence-electron chi connectivity index (χ0n) is 31.0. The summed E-state index contributed by atoms with van der Waals surface area (Å²) in [6, 6.07) is 63.0. The summed E-state index contributed by atoms with van der Waals surface area (Å²) < 4.78 is 12.5. The third-order valence-electron chi connectivity index (χ3n) is 11.0. The van der Waals surface area contributed by atoms with Gasteiger partial charge in [0.15, 0.2) is 17.5 Å². The fraction of sp³-hybridized carbons (Fsp3) is 0.0192. The Morgan fingerprint density at radius 2 is 0.982 bits per heavy atom. The fourth-order valence-corrected chi connectivity index (χ4v) is 8.37. The van der Waals surface area contributed by atoms with Crippen LogP contribution in [0.3, 0.4) is 0 Å². The van der Waals surface area contributed by atoms with Crippen LogP contribution < -0.4 is 4.74 Å². The maximum atomic E-state index is 6.49. The molecule has 2 aromatic heterocycles. The number of rotatable bonds is 6. The molecule has 0 aliphatic carbocycles. The molecule has 0 unspecified atom stereocenters. The van der Waals surface area contributed by atoms with Crippen molar-refractivity contribution in [2.75, 3.05) is 7.11 Å². The van der Waals surface area contributed by atoms with Crippen LogP contribution in [0, 0.1) is 0 Å². The average molecular weight is 732 g/mol. The van der Waals surface area contributed by atoms with Gasteiger partial charge in [-0.05, 0) is 67.9 Å². The van der Waals surface area contributed by atoms with E-state index in [-0.39, 0.29) is 0 Å². The van der Waals surface area contributed by atoms with E-state index in [0.717, 1.165) is 93.6 Å². The monoisotopic (exact) mass is 731 g/mol. The molecule has 11 rings (SSSR count). The number of benzene rings is 9. The maximum absolute atomic E-state index is 6.49. The van der Waals surface area contributed by atoms with Crippen LogP contribution in [-0.2, 0) is 0 Å². The van der Waals surface area contributed by atoms with Crippen molar-refractivity contribution in [2.45, 2.75) is 0 Å². The summed E-state index contributed by atoms with van der Waals surface area (Å²) in [5, 5.41) is 8.74. The molecule has 0 saturated carbocycles. The van der Waals surface area contributed by atoms with Crippen LogP contribution in [0.2, 0.25) is 0 Å².